The maximum atomic E-state index is 13.4. The zero-order chi connectivity index (χ0) is 23.7. The minimum absolute atomic E-state index is 0.128. The number of carbonyl (C=O) groups is 2. The van der Waals surface area contributed by atoms with Crippen LogP contribution >= 0.6 is 0 Å². The van der Waals surface area contributed by atoms with Gasteiger partial charge >= 0.3 is 5.97 Å². The van der Waals surface area contributed by atoms with Gasteiger partial charge in [0.2, 0.25) is 0 Å². The summed E-state index contributed by atoms with van der Waals surface area (Å²) in [4.78, 5) is 38.0. The Balaban J connectivity index is 1.91. The average molecular weight is 456 g/mol. The van der Waals surface area contributed by atoms with Crippen LogP contribution in [0.15, 0.2) is 34.7 Å². The van der Waals surface area contributed by atoms with Crippen molar-refractivity contribution in [2.45, 2.75) is 63.9 Å². The van der Waals surface area contributed by atoms with Crippen molar-refractivity contribution in [1.82, 2.24) is 5.32 Å². The first kappa shape index (κ1) is 22.8. The van der Waals surface area contributed by atoms with E-state index in [0.29, 0.717) is 36.2 Å². The highest BCUT2D eigenvalue weighted by molar-refractivity contribution is 6.04. The molecule has 1 saturated carbocycles. The van der Waals surface area contributed by atoms with Crippen molar-refractivity contribution in [2.75, 3.05) is 14.2 Å². The number of allylic oxidation sites excluding steroid dienone is 3. The van der Waals surface area contributed by atoms with Crippen LogP contribution in [-0.4, -0.2) is 37.0 Å². The van der Waals surface area contributed by atoms with Crippen LogP contribution in [0, 0.1) is 10.1 Å². The second-order valence-corrected chi connectivity index (χ2v) is 8.60. The molecule has 1 atom stereocenters. The average Bonchev–Trinajstić information content (AvgIpc) is 3.30. The Labute approximate surface area is 191 Å². The third kappa shape index (κ3) is 4.19. The second kappa shape index (κ2) is 9.25. The first-order valence-corrected chi connectivity index (χ1v) is 11.2. The van der Waals surface area contributed by atoms with Crippen molar-refractivity contribution in [3.05, 3.63) is 50.4 Å². The summed E-state index contributed by atoms with van der Waals surface area (Å²) in [7, 11) is 2.83. The predicted molar refractivity (Wildman–Crippen MR) is 119 cm³/mol. The van der Waals surface area contributed by atoms with Crippen LogP contribution < -0.4 is 14.8 Å². The van der Waals surface area contributed by atoms with Gasteiger partial charge < -0.3 is 19.5 Å². The van der Waals surface area contributed by atoms with E-state index >= 15 is 0 Å². The topological polar surface area (TPSA) is 117 Å². The molecule has 1 aromatic carbocycles. The summed E-state index contributed by atoms with van der Waals surface area (Å²) in [6.07, 6.45) is 5.01. The van der Waals surface area contributed by atoms with Crippen molar-refractivity contribution in [2.24, 2.45) is 0 Å². The Hall–Kier alpha value is -3.36. The molecule has 1 N–H and O–H groups in total. The monoisotopic (exact) mass is 456 g/mol. The number of hydrogen-bond acceptors (Lipinski definition) is 8. The molecule has 0 radical (unpaired) electrons. The summed E-state index contributed by atoms with van der Waals surface area (Å²) < 4.78 is 16.4. The van der Waals surface area contributed by atoms with Gasteiger partial charge in [-0.25, -0.2) is 4.79 Å². The van der Waals surface area contributed by atoms with Crippen LogP contribution in [0.25, 0.3) is 0 Å². The molecule has 1 fully saturated rings. The predicted octanol–water partition coefficient (Wildman–Crippen LogP) is 4.07. The number of nitrogens with one attached hydrogen (secondary N) is 1. The van der Waals surface area contributed by atoms with Gasteiger partial charge in [0.1, 0.15) is 6.10 Å². The van der Waals surface area contributed by atoms with Crippen LogP contribution in [0.5, 0.6) is 11.5 Å². The van der Waals surface area contributed by atoms with E-state index in [1.807, 2.05) is 0 Å². The number of nitro groups is 1. The fourth-order valence-corrected chi connectivity index (χ4v) is 5.06. The first-order chi connectivity index (χ1) is 15.8. The van der Waals surface area contributed by atoms with Gasteiger partial charge in [-0.2, -0.15) is 0 Å². The highest BCUT2D eigenvalue weighted by atomic mass is 16.6. The van der Waals surface area contributed by atoms with E-state index in [-0.39, 0.29) is 40.2 Å². The number of esters is 1. The second-order valence-electron chi connectivity index (χ2n) is 8.60. The van der Waals surface area contributed by atoms with Gasteiger partial charge in [-0.05, 0) is 51.5 Å². The maximum absolute atomic E-state index is 13.4. The van der Waals surface area contributed by atoms with E-state index < -0.39 is 16.8 Å². The van der Waals surface area contributed by atoms with E-state index in [9.17, 15) is 19.7 Å². The minimum atomic E-state index is -0.928. The van der Waals surface area contributed by atoms with E-state index in [2.05, 4.69) is 5.32 Å². The number of benzene rings is 1. The van der Waals surface area contributed by atoms with Gasteiger partial charge in [-0.3, -0.25) is 14.9 Å². The van der Waals surface area contributed by atoms with Crippen LogP contribution in [0.3, 0.4) is 0 Å². The van der Waals surface area contributed by atoms with Crippen molar-refractivity contribution in [1.29, 1.82) is 0 Å². The van der Waals surface area contributed by atoms with E-state index in [1.165, 1.54) is 26.4 Å². The van der Waals surface area contributed by atoms with Crippen LogP contribution in [0.1, 0.15) is 63.4 Å². The van der Waals surface area contributed by atoms with Gasteiger partial charge in [-0.15, -0.1) is 0 Å². The summed E-state index contributed by atoms with van der Waals surface area (Å²) in [5.74, 6) is -1.13. The van der Waals surface area contributed by atoms with Crippen LogP contribution in [-0.2, 0) is 14.3 Å². The molecule has 176 valence electrons. The number of methoxy groups -OCH3 is 2. The maximum Gasteiger partial charge on any atom is 0.337 e. The Bertz CT molecular complexity index is 1070. The van der Waals surface area contributed by atoms with Gasteiger partial charge in [0.15, 0.2) is 17.3 Å². The standard InChI is InChI=1S/C24H28N2O7/c1-13-21(24(28)33-14-7-4-5-8-14)22(23-16(25-13)9-6-10-18(23)27)15-11-19(31-2)20(32-3)12-17(15)26(29)30/h11-12,14,22,25H,4-10H2,1-3H3/t22-/m0/s1. The lowest BCUT2D eigenvalue weighted by molar-refractivity contribution is -0.385. The van der Waals surface area contributed by atoms with Gasteiger partial charge in [0.05, 0.1) is 36.7 Å². The van der Waals surface area contributed by atoms with Crippen molar-refractivity contribution >= 4 is 17.4 Å². The van der Waals surface area contributed by atoms with E-state index in [1.54, 1.807) is 6.92 Å². The van der Waals surface area contributed by atoms with Gasteiger partial charge in [0.25, 0.3) is 5.69 Å². The molecule has 0 saturated heterocycles. The van der Waals surface area contributed by atoms with E-state index in [0.717, 1.165) is 25.7 Å². The number of carbonyl (C=O) groups excluding carboxylic acids is 2. The summed E-state index contributed by atoms with van der Waals surface area (Å²) >= 11 is 0. The van der Waals surface area contributed by atoms with Crippen LogP contribution in [0.2, 0.25) is 0 Å². The molecule has 0 unspecified atom stereocenters. The first-order valence-electron chi connectivity index (χ1n) is 11.2. The lowest BCUT2D eigenvalue weighted by atomic mass is 9.74. The largest absolute Gasteiger partial charge is 0.493 e. The number of ketones is 1. The van der Waals surface area contributed by atoms with Crippen molar-refractivity contribution in [3.8, 4) is 11.5 Å². The third-order valence-electron chi connectivity index (χ3n) is 6.61. The summed E-state index contributed by atoms with van der Waals surface area (Å²) in [5, 5.41) is 15.3. The quantitative estimate of drug-likeness (QED) is 0.387. The number of nitro benzene ring substituents is 1. The lowest BCUT2D eigenvalue weighted by Crippen LogP contribution is -2.35. The SMILES string of the molecule is COc1cc([C@H]2C(C(=O)OC3CCCC3)=C(C)NC3=C2C(=O)CCC3)c([N+](=O)[O-])cc1OC. The minimum Gasteiger partial charge on any atom is -0.493 e. The molecule has 3 aliphatic rings. The molecule has 33 heavy (non-hydrogen) atoms. The zero-order valence-electron chi connectivity index (χ0n) is 19.1. The Morgan fingerprint density at radius 2 is 1.76 bits per heavy atom. The number of dihydropyridines is 1. The smallest absolute Gasteiger partial charge is 0.337 e. The highest BCUT2D eigenvalue weighted by Crippen LogP contribution is 2.48. The van der Waals surface area contributed by atoms with Crippen molar-refractivity contribution < 1.29 is 28.7 Å². The molecule has 2 aliphatic carbocycles. The molecule has 0 bridgehead atoms. The van der Waals surface area contributed by atoms with Gasteiger partial charge in [0, 0.05) is 29.0 Å². The highest BCUT2D eigenvalue weighted by Gasteiger charge is 2.43. The summed E-state index contributed by atoms with van der Waals surface area (Å²) in [6.45, 7) is 1.74. The van der Waals surface area contributed by atoms with Crippen molar-refractivity contribution in [3.63, 3.8) is 0 Å². The number of rotatable bonds is 6. The number of hydrogen-bond donors (Lipinski definition) is 1. The van der Waals surface area contributed by atoms with Crippen LogP contribution in [0.4, 0.5) is 5.69 Å². The number of ether oxygens (including phenoxy) is 3. The Morgan fingerprint density at radius 3 is 2.39 bits per heavy atom. The lowest BCUT2D eigenvalue weighted by Gasteiger charge is -2.34. The third-order valence-corrected chi connectivity index (χ3v) is 6.61. The van der Waals surface area contributed by atoms with Gasteiger partial charge in [-0.1, -0.05) is 0 Å². The molecule has 0 aromatic heterocycles. The molecule has 0 amide bonds. The molecular weight excluding hydrogens is 428 g/mol. The summed E-state index contributed by atoms with van der Waals surface area (Å²) in [5.41, 5.74) is 1.82. The Kier molecular flexibility index (Phi) is 6.40. The molecular formula is C24H28N2O7. The molecule has 9 heteroatoms. The molecule has 0 spiro atoms. The molecule has 1 heterocycles. The molecule has 1 aliphatic heterocycles. The van der Waals surface area contributed by atoms with E-state index in [4.69, 9.17) is 14.2 Å². The normalized spacial score (nSPS) is 20.9. The summed E-state index contributed by atoms with van der Waals surface area (Å²) in [6, 6.07) is 2.77. The Morgan fingerprint density at radius 1 is 1.09 bits per heavy atom. The molecule has 4 rings (SSSR count). The fraction of sp³-hybridized carbons (Fsp3) is 0.500. The molecule has 9 nitrogen and oxygen atoms in total. The number of nitrogens with zero attached hydrogens (tertiary/aromatic N) is 1. The fourth-order valence-electron chi connectivity index (χ4n) is 5.06. The molecule has 1 aromatic rings. The number of Topliss-reactive ketones (excluding diaryl/α,β-unsaturated/α-hetero) is 1. The zero-order valence-corrected chi connectivity index (χ0v) is 19.1.